The van der Waals surface area contributed by atoms with E-state index in [4.69, 9.17) is 10.5 Å². The molecule has 1 aromatic carbocycles. The highest BCUT2D eigenvalue weighted by Crippen LogP contribution is 2.16. The van der Waals surface area contributed by atoms with Crippen LogP contribution in [0.4, 0.5) is 5.69 Å². The summed E-state index contributed by atoms with van der Waals surface area (Å²) in [6.07, 6.45) is 1.42. The van der Waals surface area contributed by atoms with Crippen molar-refractivity contribution in [2.24, 2.45) is 0 Å². The van der Waals surface area contributed by atoms with Gasteiger partial charge in [0.1, 0.15) is 5.75 Å². The van der Waals surface area contributed by atoms with Crippen molar-refractivity contribution in [1.82, 2.24) is 4.31 Å². The highest BCUT2D eigenvalue weighted by Gasteiger charge is 2.27. The van der Waals surface area contributed by atoms with Gasteiger partial charge in [-0.25, -0.2) is 12.7 Å². The molecule has 6 heteroatoms. The molecule has 1 heterocycles. The summed E-state index contributed by atoms with van der Waals surface area (Å²) in [5.74, 6) is 1.00. The van der Waals surface area contributed by atoms with Gasteiger partial charge in [0.15, 0.2) is 0 Å². The maximum Gasteiger partial charge on any atom is 0.214 e. The summed E-state index contributed by atoms with van der Waals surface area (Å²) >= 11 is 0. The van der Waals surface area contributed by atoms with Crippen LogP contribution in [0, 0.1) is 0 Å². The molecular formula is C12H18N2O3S. The van der Waals surface area contributed by atoms with E-state index < -0.39 is 10.0 Å². The normalized spacial score (nSPS) is 18.9. The van der Waals surface area contributed by atoms with Crippen LogP contribution in [0.5, 0.6) is 5.75 Å². The van der Waals surface area contributed by atoms with Crippen LogP contribution in [-0.2, 0) is 10.0 Å². The van der Waals surface area contributed by atoms with Gasteiger partial charge >= 0.3 is 0 Å². The first-order valence-electron chi connectivity index (χ1n) is 6.04. The summed E-state index contributed by atoms with van der Waals surface area (Å²) < 4.78 is 30.1. The first-order valence-corrected chi connectivity index (χ1v) is 7.65. The van der Waals surface area contributed by atoms with Gasteiger partial charge in [-0.2, -0.15) is 0 Å². The number of nitrogen functional groups attached to an aromatic ring is 1. The molecule has 0 spiro atoms. The fourth-order valence-corrected chi connectivity index (χ4v) is 3.54. The van der Waals surface area contributed by atoms with Gasteiger partial charge in [0.25, 0.3) is 0 Å². The minimum Gasteiger partial charge on any atom is -0.493 e. The molecule has 1 aliphatic heterocycles. The number of nitrogens with two attached hydrogens (primary N) is 1. The van der Waals surface area contributed by atoms with Gasteiger partial charge < -0.3 is 10.5 Å². The van der Waals surface area contributed by atoms with Crippen LogP contribution in [0.1, 0.15) is 12.8 Å². The Kier molecular flexibility index (Phi) is 4.08. The van der Waals surface area contributed by atoms with E-state index >= 15 is 0 Å². The summed E-state index contributed by atoms with van der Waals surface area (Å²) in [4.78, 5) is 0. The van der Waals surface area contributed by atoms with E-state index in [1.807, 2.05) is 12.1 Å². The number of rotatable bonds is 5. The Morgan fingerprint density at radius 1 is 1.39 bits per heavy atom. The van der Waals surface area contributed by atoms with Crippen molar-refractivity contribution in [3.63, 3.8) is 0 Å². The van der Waals surface area contributed by atoms with E-state index in [1.54, 1.807) is 12.1 Å². The summed E-state index contributed by atoms with van der Waals surface area (Å²) in [5, 5.41) is 0. The lowest BCUT2D eigenvalue weighted by Crippen LogP contribution is -2.27. The largest absolute Gasteiger partial charge is 0.493 e. The zero-order chi connectivity index (χ0) is 13.0. The molecule has 1 aromatic rings. The van der Waals surface area contributed by atoms with Crippen molar-refractivity contribution >= 4 is 15.7 Å². The highest BCUT2D eigenvalue weighted by molar-refractivity contribution is 7.89. The van der Waals surface area contributed by atoms with E-state index in [9.17, 15) is 8.42 Å². The number of nitrogens with zero attached hydrogens (tertiary/aromatic N) is 1. The third-order valence-electron chi connectivity index (χ3n) is 2.88. The Bertz CT molecular complexity index is 502. The van der Waals surface area contributed by atoms with E-state index in [2.05, 4.69) is 0 Å². The predicted molar refractivity (Wildman–Crippen MR) is 70.9 cm³/mol. The average Bonchev–Trinajstić information content (AvgIpc) is 2.64. The SMILES string of the molecule is Nc1cccc(OCCCN2CCCS2(=O)=O)c1. The molecule has 1 fully saturated rings. The maximum absolute atomic E-state index is 11.5. The van der Waals surface area contributed by atoms with Gasteiger partial charge in [-0.05, 0) is 25.0 Å². The Balaban J connectivity index is 1.73. The van der Waals surface area contributed by atoms with Crippen molar-refractivity contribution in [3.05, 3.63) is 24.3 Å². The lowest BCUT2D eigenvalue weighted by molar-refractivity contribution is 0.292. The first kappa shape index (κ1) is 13.2. The van der Waals surface area contributed by atoms with Crippen LogP contribution in [-0.4, -0.2) is 38.2 Å². The third kappa shape index (κ3) is 3.36. The van der Waals surface area contributed by atoms with E-state index in [0.29, 0.717) is 31.8 Å². The second kappa shape index (κ2) is 5.58. The molecular weight excluding hydrogens is 252 g/mol. The Morgan fingerprint density at radius 2 is 2.22 bits per heavy atom. The Hall–Kier alpha value is -1.27. The van der Waals surface area contributed by atoms with Gasteiger partial charge in [0.2, 0.25) is 10.0 Å². The number of ether oxygens (including phenoxy) is 1. The summed E-state index contributed by atoms with van der Waals surface area (Å²) in [7, 11) is -2.98. The number of benzene rings is 1. The van der Waals surface area contributed by atoms with Crippen LogP contribution < -0.4 is 10.5 Å². The lowest BCUT2D eigenvalue weighted by atomic mass is 10.3. The monoisotopic (exact) mass is 270 g/mol. The van der Waals surface area contributed by atoms with E-state index in [1.165, 1.54) is 4.31 Å². The second-order valence-corrected chi connectivity index (χ2v) is 6.43. The lowest BCUT2D eigenvalue weighted by Gasteiger charge is -2.14. The maximum atomic E-state index is 11.5. The summed E-state index contributed by atoms with van der Waals surface area (Å²) in [5.41, 5.74) is 6.29. The molecule has 0 aromatic heterocycles. The average molecular weight is 270 g/mol. The number of hydrogen-bond donors (Lipinski definition) is 1. The van der Waals surface area contributed by atoms with Gasteiger partial charge in [-0.1, -0.05) is 6.07 Å². The zero-order valence-corrected chi connectivity index (χ0v) is 11.0. The number of sulfonamides is 1. The van der Waals surface area contributed by atoms with Crippen molar-refractivity contribution in [2.45, 2.75) is 12.8 Å². The Labute approximate surface area is 108 Å². The number of anilines is 1. The molecule has 0 radical (unpaired) electrons. The molecule has 0 unspecified atom stereocenters. The standard InChI is InChI=1S/C12H18N2O3S/c13-11-4-1-5-12(10-11)17-8-2-6-14-7-3-9-18(14,15)16/h1,4-5,10H,2-3,6-9,13H2. The molecule has 18 heavy (non-hydrogen) atoms. The topological polar surface area (TPSA) is 72.6 Å². The molecule has 5 nitrogen and oxygen atoms in total. The van der Waals surface area contributed by atoms with Crippen molar-refractivity contribution in [1.29, 1.82) is 0 Å². The molecule has 1 aliphatic rings. The minimum atomic E-state index is -2.98. The van der Waals surface area contributed by atoms with Gasteiger partial charge in [0, 0.05) is 24.8 Å². The van der Waals surface area contributed by atoms with Crippen molar-refractivity contribution < 1.29 is 13.2 Å². The molecule has 0 saturated carbocycles. The zero-order valence-electron chi connectivity index (χ0n) is 10.2. The van der Waals surface area contributed by atoms with Crippen LogP contribution in [0.25, 0.3) is 0 Å². The van der Waals surface area contributed by atoms with Crippen molar-refractivity contribution in [2.75, 3.05) is 31.2 Å². The van der Waals surface area contributed by atoms with Crippen LogP contribution in [0.3, 0.4) is 0 Å². The Morgan fingerprint density at radius 3 is 2.89 bits per heavy atom. The predicted octanol–water partition coefficient (Wildman–Crippen LogP) is 1.07. The van der Waals surface area contributed by atoms with Crippen LogP contribution in [0.2, 0.25) is 0 Å². The van der Waals surface area contributed by atoms with Crippen molar-refractivity contribution in [3.8, 4) is 5.75 Å². The smallest absolute Gasteiger partial charge is 0.214 e. The fourth-order valence-electron chi connectivity index (χ4n) is 1.98. The van der Waals surface area contributed by atoms with Gasteiger partial charge in [-0.15, -0.1) is 0 Å². The molecule has 1 saturated heterocycles. The summed E-state index contributed by atoms with van der Waals surface area (Å²) in [6.45, 7) is 1.67. The van der Waals surface area contributed by atoms with Gasteiger partial charge in [-0.3, -0.25) is 0 Å². The minimum absolute atomic E-state index is 0.281. The number of hydrogen-bond acceptors (Lipinski definition) is 4. The molecule has 2 N–H and O–H groups in total. The van der Waals surface area contributed by atoms with Crippen LogP contribution >= 0.6 is 0 Å². The van der Waals surface area contributed by atoms with E-state index in [0.717, 1.165) is 12.2 Å². The quantitative estimate of drug-likeness (QED) is 0.641. The molecule has 100 valence electrons. The molecule has 0 amide bonds. The molecule has 0 aliphatic carbocycles. The third-order valence-corrected chi connectivity index (χ3v) is 4.84. The summed E-state index contributed by atoms with van der Waals surface area (Å²) in [6, 6.07) is 7.22. The second-order valence-electron chi connectivity index (χ2n) is 4.34. The van der Waals surface area contributed by atoms with Crippen LogP contribution in [0.15, 0.2) is 24.3 Å². The van der Waals surface area contributed by atoms with Gasteiger partial charge in [0.05, 0.1) is 12.4 Å². The fraction of sp³-hybridized carbons (Fsp3) is 0.500. The molecule has 2 rings (SSSR count). The van der Waals surface area contributed by atoms with E-state index in [-0.39, 0.29) is 5.75 Å². The highest BCUT2D eigenvalue weighted by atomic mass is 32.2. The molecule has 0 bridgehead atoms. The molecule has 0 atom stereocenters. The first-order chi connectivity index (χ1) is 8.58.